The highest BCUT2D eigenvalue weighted by molar-refractivity contribution is 5.79. The van der Waals surface area contributed by atoms with Crippen LogP contribution in [0, 0.1) is 0 Å². The summed E-state index contributed by atoms with van der Waals surface area (Å²) in [7, 11) is 1.63. The van der Waals surface area contributed by atoms with E-state index in [9.17, 15) is 4.79 Å². The van der Waals surface area contributed by atoms with Crippen molar-refractivity contribution < 1.29 is 14.3 Å². The van der Waals surface area contributed by atoms with Gasteiger partial charge in [0.25, 0.3) is 0 Å². The molecule has 3 rings (SSSR count). The molecular weight excluding hydrogens is 302 g/mol. The van der Waals surface area contributed by atoms with Crippen LogP contribution >= 0.6 is 0 Å². The zero-order valence-corrected chi connectivity index (χ0v) is 14.0. The van der Waals surface area contributed by atoms with Crippen LogP contribution in [0.3, 0.4) is 0 Å². The predicted octanol–water partition coefficient (Wildman–Crippen LogP) is 3.06. The molecule has 0 saturated carbocycles. The molecule has 1 saturated heterocycles. The normalized spacial score (nSPS) is 17.0. The Bertz CT molecular complexity index is 672. The summed E-state index contributed by atoms with van der Waals surface area (Å²) in [4.78, 5) is 14.4. The summed E-state index contributed by atoms with van der Waals surface area (Å²) in [5.74, 6) is 0.930. The van der Waals surface area contributed by atoms with Gasteiger partial charge in [0.05, 0.1) is 26.2 Å². The molecule has 0 aromatic heterocycles. The Balaban J connectivity index is 1.48. The Morgan fingerprint density at radius 1 is 1.12 bits per heavy atom. The predicted molar refractivity (Wildman–Crippen MR) is 92.9 cm³/mol. The van der Waals surface area contributed by atoms with Crippen molar-refractivity contribution in [1.29, 1.82) is 0 Å². The fourth-order valence-corrected chi connectivity index (χ4v) is 2.95. The van der Waals surface area contributed by atoms with Gasteiger partial charge in [0.15, 0.2) is 0 Å². The van der Waals surface area contributed by atoms with E-state index in [2.05, 4.69) is 12.1 Å². The smallest absolute Gasteiger partial charge is 0.227 e. The van der Waals surface area contributed by atoms with E-state index in [1.165, 1.54) is 5.56 Å². The molecular formula is C20H23NO3. The van der Waals surface area contributed by atoms with Crippen molar-refractivity contribution in [3.63, 3.8) is 0 Å². The van der Waals surface area contributed by atoms with Gasteiger partial charge in [0.1, 0.15) is 5.75 Å². The molecule has 2 aromatic rings. The molecule has 4 heteroatoms. The van der Waals surface area contributed by atoms with E-state index in [-0.39, 0.29) is 12.0 Å². The van der Waals surface area contributed by atoms with E-state index in [0.717, 1.165) is 24.3 Å². The van der Waals surface area contributed by atoms with Crippen molar-refractivity contribution in [2.45, 2.75) is 25.6 Å². The molecule has 1 atom stereocenters. The third kappa shape index (κ3) is 4.36. The Labute approximate surface area is 143 Å². The molecule has 1 amide bonds. The van der Waals surface area contributed by atoms with Crippen LogP contribution in [0.25, 0.3) is 0 Å². The molecule has 126 valence electrons. The van der Waals surface area contributed by atoms with E-state index in [1.807, 2.05) is 47.4 Å². The largest absolute Gasteiger partial charge is 0.497 e. The topological polar surface area (TPSA) is 38.8 Å². The van der Waals surface area contributed by atoms with Gasteiger partial charge in [0, 0.05) is 13.1 Å². The number of nitrogens with zero attached hydrogens (tertiary/aromatic N) is 1. The summed E-state index contributed by atoms with van der Waals surface area (Å²) in [6.45, 7) is 2.04. The zero-order chi connectivity index (χ0) is 16.8. The van der Waals surface area contributed by atoms with Crippen molar-refractivity contribution >= 4 is 5.91 Å². The maximum Gasteiger partial charge on any atom is 0.227 e. The lowest BCUT2D eigenvalue weighted by atomic mass is 10.1. The highest BCUT2D eigenvalue weighted by Gasteiger charge is 2.26. The molecule has 1 fully saturated rings. The van der Waals surface area contributed by atoms with Crippen LogP contribution in [0.5, 0.6) is 5.75 Å². The van der Waals surface area contributed by atoms with Crippen LogP contribution in [0.2, 0.25) is 0 Å². The first-order valence-electron chi connectivity index (χ1n) is 8.31. The van der Waals surface area contributed by atoms with Crippen LogP contribution in [0.15, 0.2) is 54.6 Å². The van der Waals surface area contributed by atoms with Crippen LogP contribution in [0.1, 0.15) is 17.5 Å². The van der Waals surface area contributed by atoms with Gasteiger partial charge in [-0.25, -0.2) is 0 Å². The highest BCUT2D eigenvalue weighted by atomic mass is 16.5. The number of ether oxygens (including phenoxy) is 2. The summed E-state index contributed by atoms with van der Waals surface area (Å²) in [5, 5.41) is 0. The number of rotatable bonds is 6. The molecule has 4 nitrogen and oxygen atoms in total. The van der Waals surface area contributed by atoms with Crippen molar-refractivity contribution in [2.24, 2.45) is 0 Å². The van der Waals surface area contributed by atoms with Crippen molar-refractivity contribution in [3.05, 3.63) is 65.7 Å². The number of hydrogen-bond donors (Lipinski definition) is 0. The van der Waals surface area contributed by atoms with E-state index >= 15 is 0 Å². The molecule has 0 radical (unpaired) electrons. The van der Waals surface area contributed by atoms with E-state index < -0.39 is 0 Å². The van der Waals surface area contributed by atoms with Crippen LogP contribution in [0.4, 0.5) is 0 Å². The highest BCUT2D eigenvalue weighted by Crippen LogP contribution is 2.18. The average Bonchev–Trinajstić information content (AvgIpc) is 3.10. The number of methoxy groups -OCH3 is 1. The first-order valence-corrected chi connectivity index (χ1v) is 8.31. The maximum atomic E-state index is 12.5. The monoisotopic (exact) mass is 325 g/mol. The minimum absolute atomic E-state index is 0.125. The lowest BCUT2D eigenvalue weighted by Gasteiger charge is -2.17. The number of amides is 1. The summed E-state index contributed by atoms with van der Waals surface area (Å²) in [6.07, 6.45) is 1.43. The number of hydrogen-bond acceptors (Lipinski definition) is 3. The molecule has 1 unspecified atom stereocenters. The van der Waals surface area contributed by atoms with Gasteiger partial charge in [-0.3, -0.25) is 4.79 Å². The van der Waals surface area contributed by atoms with Crippen LogP contribution in [-0.4, -0.2) is 37.1 Å². The van der Waals surface area contributed by atoms with E-state index in [4.69, 9.17) is 9.47 Å². The molecule has 1 heterocycles. The molecule has 0 N–H and O–H groups in total. The van der Waals surface area contributed by atoms with Gasteiger partial charge in [-0.1, -0.05) is 42.5 Å². The first kappa shape index (κ1) is 16.5. The molecule has 1 aliphatic rings. The molecule has 0 bridgehead atoms. The fourth-order valence-electron chi connectivity index (χ4n) is 2.95. The number of carbonyl (C=O) groups excluding carboxylic acids is 1. The minimum atomic E-state index is 0.125. The van der Waals surface area contributed by atoms with Crippen LogP contribution in [-0.2, 0) is 22.6 Å². The van der Waals surface area contributed by atoms with Gasteiger partial charge >= 0.3 is 0 Å². The van der Waals surface area contributed by atoms with E-state index in [1.54, 1.807) is 7.11 Å². The third-order valence-electron chi connectivity index (χ3n) is 4.32. The van der Waals surface area contributed by atoms with Crippen molar-refractivity contribution in [3.8, 4) is 5.75 Å². The van der Waals surface area contributed by atoms with Gasteiger partial charge in [0.2, 0.25) is 5.91 Å². The number of carbonyl (C=O) groups is 1. The molecule has 24 heavy (non-hydrogen) atoms. The molecule has 2 aromatic carbocycles. The summed E-state index contributed by atoms with van der Waals surface area (Å²) in [6, 6.07) is 17.8. The second-order valence-electron chi connectivity index (χ2n) is 6.08. The molecule has 0 aliphatic carbocycles. The second-order valence-corrected chi connectivity index (χ2v) is 6.08. The Morgan fingerprint density at radius 3 is 2.71 bits per heavy atom. The van der Waals surface area contributed by atoms with Gasteiger partial charge in [-0.15, -0.1) is 0 Å². The number of likely N-dealkylation sites (tertiary alicyclic amines) is 1. The Morgan fingerprint density at radius 2 is 1.92 bits per heavy atom. The minimum Gasteiger partial charge on any atom is -0.497 e. The maximum absolute atomic E-state index is 12.5. The van der Waals surface area contributed by atoms with Crippen molar-refractivity contribution in [2.75, 3.05) is 20.2 Å². The number of benzene rings is 2. The van der Waals surface area contributed by atoms with Gasteiger partial charge in [-0.2, -0.15) is 0 Å². The quantitative estimate of drug-likeness (QED) is 0.819. The fraction of sp³-hybridized carbons (Fsp3) is 0.350. The van der Waals surface area contributed by atoms with E-state index in [0.29, 0.717) is 19.6 Å². The summed E-state index contributed by atoms with van der Waals surface area (Å²) in [5.41, 5.74) is 2.15. The molecule has 0 spiro atoms. The third-order valence-corrected chi connectivity index (χ3v) is 4.32. The van der Waals surface area contributed by atoms with Crippen LogP contribution < -0.4 is 4.74 Å². The first-order chi connectivity index (χ1) is 11.7. The average molecular weight is 325 g/mol. The SMILES string of the molecule is COc1cccc(CC(=O)N2CCC(OCc3ccccc3)C2)c1. The molecule has 1 aliphatic heterocycles. The zero-order valence-electron chi connectivity index (χ0n) is 14.0. The summed E-state index contributed by atoms with van der Waals surface area (Å²) < 4.78 is 11.2. The second kappa shape index (κ2) is 7.97. The van der Waals surface area contributed by atoms with Gasteiger partial charge in [-0.05, 0) is 29.7 Å². The lowest BCUT2D eigenvalue weighted by molar-refractivity contribution is -0.130. The summed E-state index contributed by atoms with van der Waals surface area (Å²) >= 11 is 0. The Kier molecular flexibility index (Phi) is 5.49. The van der Waals surface area contributed by atoms with Gasteiger partial charge < -0.3 is 14.4 Å². The Hall–Kier alpha value is -2.33. The lowest BCUT2D eigenvalue weighted by Crippen LogP contribution is -2.31. The van der Waals surface area contributed by atoms with Crippen molar-refractivity contribution in [1.82, 2.24) is 4.90 Å². The standard InChI is InChI=1S/C20H23NO3/c1-23-18-9-5-8-17(12-18)13-20(22)21-11-10-19(14-21)24-15-16-6-3-2-4-7-16/h2-9,12,19H,10-11,13-15H2,1H3.